The second kappa shape index (κ2) is 12.4. The lowest BCUT2D eigenvalue weighted by molar-refractivity contribution is -0.275. The summed E-state index contributed by atoms with van der Waals surface area (Å²) in [5.41, 5.74) is 0.406. The molecule has 3 aromatic carbocycles. The van der Waals surface area contributed by atoms with E-state index in [1.807, 2.05) is 0 Å². The molecule has 0 aromatic heterocycles. The van der Waals surface area contributed by atoms with Crippen LogP contribution in [0.3, 0.4) is 0 Å². The Balaban J connectivity index is 1.73. The second-order valence-corrected chi connectivity index (χ2v) is 9.15. The summed E-state index contributed by atoms with van der Waals surface area (Å²) in [7, 11) is 1.54. The monoisotopic (exact) mass is 597 g/mol. The molecule has 3 aromatic rings. The van der Waals surface area contributed by atoms with Gasteiger partial charge in [-0.1, -0.05) is 23.7 Å². The maximum Gasteiger partial charge on any atom is 0.573 e. The third-order valence-electron chi connectivity index (χ3n) is 4.19. The summed E-state index contributed by atoms with van der Waals surface area (Å²) in [5.74, 6) is -1.81. The van der Waals surface area contributed by atoms with Gasteiger partial charge in [0.1, 0.15) is 11.5 Å². The van der Waals surface area contributed by atoms with E-state index in [0.29, 0.717) is 5.69 Å². The van der Waals surface area contributed by atoms with Crippen LogP contribution >= 0.6 is 33.6 Å². The first-order chi connectivity index (χ1) is 17.8. The summed E-state index contributed by atoms with van der Waals surface area (Å²) < 4.78 is 85.7. The minimum absolute atomic E-state index is 0.00772. The zero-order chi connectivity index (χ0) is 27.9. The van der Waals surface area contributed by atoms with Crippen LogP contribution < -0.4 is 23.8 Å². The molecule has 0 saturated heterocycles. The van der Waals surface area contributed by atoms with Crippen LogP contribution in [0.1, 0.15) is 10.4 Å². The number of ether oxygens (including phenoxy) is 2. The maximum absolute atomic E-state index is 12.9. The van der Waals surface area contributed by atoms with Gasteiger partial charge in [-0.25, -0.2) is 9.10 Å². The Morgan fingerprint density at radius 2 is 1.32 bits per heavy atom. The van der Waals surface area contributed by atoms with E-state index in [1.165, 1.54) is 30.3 Å². The van der Waals surface area contributed by atoms with Crippen molar-refractivity contribution in [1.82, 2.24) is 5.32 Å². The van der Waals surface area contributed by atoms with Crippen LogP contribution in [0, 0.1) is 0 Å². The number of carbonyl (C=O) groups is 2. The molecule has 202 valence electrons. The largest absolute Gasteiger partial charge is 0.573 e. The zero-order valence-corrected chi connectivity index (χ0v) is 20.9. The highest BCUT2D eigenvalue weighted by Gasteiger charge is 2.32. The number of nitrogens with one attached hydrogen (secondary N) is 2. The highest BCUT2D eigenvalue weighted by atomic mass is 35.5. The van der Waals surface area contributed by atoms with Gasteiger partial charge in [-0.2, -0.15) is 0 Å². The van der Waals surface area contributed by atoms with Crippen LogP contribution in [0.4, 0.5) is 42.5 Å². The SMILES string of the molecule is O=C(NC(=O)N(SSNc1ccc(OC(F)(F)F)cc1)c1ccc(OC(F)(F)F)cc1)c1ccccc1Cl. The van der Waals surface area contributed by atoms with Crippen LogP contribution in [-0.4, -0.2) is 24.7 Å². The average molecular weight is 598 g/mol. The van der Waals surface area contributed by atoms with Crippen molar-refractivity contribution in [2.75, 3.05) is 9.03 Å². The Hall–Kier alpha value is -3.43. The molecule has 0 atom stereocenters. The van der Waals surface area contributed by atoms with Crippen molar-refractivity contribution in [3.05, 3.63) is 83.4 Å². The fourth-order valence-electron chi connectivity index (χ4n) is 2.67. The van der Waals surface area contributed by atoms with Crippen LogP contribution in [-0.2, 0) is 0 Å². The third-order valence-corrected chi connectivity index (χ3v) is 6.36. The predicted molar refractivity (Wildman–Crippen MR) is 132 cm³/mol. The van der Waals surface area contributed by atoms with Gasteiger partial charge in [0.05, 0.1) is 27.3 Å². The van der Waals surface area contributed by atoms with Gasteiger partial charge < -0.3 is 14.2 Å². The number of urea groups is 1. The van der Waals surface area contributed by atoms with Gasteiger partial charge in [0.25, 0.3) is 5.91 Å². The number of amides is 3. The van der Waals surface area contributed by atoms with Crippen molar-refractivity contribution in [3.63, 3.8) is 0 Å². The van der Waals surface area contributed by atoms with Crippen molar-refractivity contribution in [1.29, 1.82) is 0 Å². The summed E-state index contributed by atoms with van der Waals surface area (Å²) in [6, 6.07) is 13.9. The molecule has 38 heavy (non-hydrogen) atoms. The van der Waals surface area contributed by atoms with Gasteiger partial charge in [-0.15, -0.1) is 26.3 Å². The van der Waals surface area contributed by atoms with E-state index >= 15 is 0 Å². The van der Waals surface area contributed by atoms with E-state index in [-0.39, 0.29) is 16.3 Å². The number of rotatable bonds is 8. The maximum atomic E-state index is 12.9. The number of hydrogen-bond donors (Lipinski definition) is 2. The van der Waals surface area contributed by atoms with Gasteiger partial charge in [-0.05, 0) is 60.7 Å². The van der Waals surface area contributed by atoms with Crippen LogP contribution in [0.5, 0.6) is 11.5 Å². The summed E-state index contributed by atoms with van der Waals surface area (Å²) in [5, 5.41) is 2.22. The fraction of sp³-hybridized carbons (Fsp3) is 0.0909. The summed E-state index contributed by atoms with van der Waals surface area (Å²) in [4.78, 5) is 25.5. The molecular formula is C22H14ClF6N3O4S2. The quantitative estimate of drug-likeness (QED) is 0.156. The molecule has 0 fully saturated rings. The minimum Gasteiger partial charge on any atom is -0.406 e. The zero-order valence-electron chi connectivity index (χ0n) is 18.5. The van der Waals surface area contributed by atoms with E-state index in [0.717, 1.165) is 62.7 Å². The molecular weight excluding hydrogens is 584 g/mol. The second-order valence-electron chi connectivity index (χ2n) is 6.91. The number of halogens is 7. The number of carbonyl (C=O) groups excluding carboxylic acids is 2. The molecule has 0 aliphatic carbocycles. The van der Waals surface area contributed by atoms with E-state index in [1.54, 1.807) is 6.07 Å². The fourth-order valence-corrected chi connectivity index (χ4v) is 4.64. The first-order valence-electron chi connectivity index (χ1n) is 10.0. The molecule has 7 nitrogen and oxygen atoms in total. The van der Waals surface area contributed by atoms with E-state index in [2.05, 4.69) is 19.5 Å². The van der Waals surface area contributed by atoms with E-state index in [9.17, 15) is 35.9 Å². The molecule has 0 unspecified atom stereocenters. The molecule has 3 rings (SSSR count). The van der Waals surface area contributed by atoms with Gasteiger partial charge in [0, 0.05) is 16.7 Å². The molecule has 0 heterocycles. The molecule has 0 bridgehead atoms. The molecule has 2 N–H and O–H groups in total. The number of nitrogens with zero attached hydrogens (tertiary/aromatic N) is 1. The summed E-state index contributed by atoms with van der Waals surface area (Å²) in [6.07, 6.45) is -9.77. The first-order valence-corrected chi connectivity index (χ1v) is 12.5. The third kappa shape index (κ3) is 9.15. The van der Waals surface area contributed by atoms with Gasteiger partial charge in [0.2, 0.25) is 0 Å². The summed E-state index contributed by atoms with van der Waals surface area (Å²) >= 11 is 5.99. The standard InChI is InChI=1S/C22H14ClF6N3O4S2/c23-18-4-2-1-3-17(18)19(33)30-20(34)32(14-7-11-16(12-8-14)36-22(27,28)29)38-37-31-13-5-9-15(10-6-13)35-21(24,25)26/h1-12,31H,(H,30,33,34). The molecule has 0 spiro atoms. The van der Waals surface area contributed by atoms with Crippen molar-refractivity contribution in [3.8, 4) is 11.5 Å². The minimum atomic E-state index is -4.92. The highest BCUT2D eigenvalue weighted by molar-refractivity contribution is 8.77. The smallest absolute Gasteiger partial charge is 0.406 e. The first kappa shape index (κ1) is 29.1. The average Bonchev–Trinajstić information content (AvgIpc) is 2.82. The van der Waals surface area contributed by atoms with E-state index < -0.39 is 36.2 Å². The van der Waals surface area contributed by atoms with Crippen molar-refractivity contribution in [2.45, 2.75) is 12.7 Å². The van der Waals surface area contributed by atoms with Crippen molar-refractivity contribution >= 4 is 56.9 Å². The lowest BCUT2D eigenvalue weighted by Crippen LogP contribution is -2.39. The molecule has 0 aliphatic heterocycles. The lowest BCUT2D eigenvalue weighted by Gasteiger charge is -2.21. The molecule has 0 aliphatic rings. The van der Waals surface area contributed by atoms with Gasteiger partial charge >= 0.3 is 18.8 Å². The molecule has 0 radical (unpaired) electrons. The Morgan fingerprint density at radius 1 is 0.789 bits per heavy atom. The molecule has 16 heteroatoms. The Bertz CT molecular complexity index is 1260. The lowest BCUT2D eigenvalue weighted by atomic mass is 10.2. The number of benzene rings is 3. The van der Waals surface area contributed by atoms with Crippen molar-refractivity contribution < 1.29 is 45.4 Å². The normalized spacial score (nSPS) is 11.4. The number of hydrogen-bond acceptors (Lipinski definition) is 7. The van der Waals surface area contributed by atoms with Crippen LogP contribution in [0.25, 0.3) is 0 Å². The number of imide groups is 1. The topological polar surface area (TPSA) is 79.9 Å². The molecule has 3 amide bonds. The molecule has 0 saturated carbocycles. The summed E-state index contributed by atoms with van der Waals surface area (Å²) in [6.45, 7) is 0. The number of alkyl halides is 6. The Labute approximate surface area is 224 Å². The van der Waals surface area contributed by atoms with Gasteiger partial charge in [-0.3, -0.25) is 10.1 Å². The van der Waals surface area contributed by atoms with Crippen LogP contribution in [0.15, 0.2) is 72.8 Å². The Morgan fingerprint density at radius 3 is 1.84 bits per heavy atom. The van der Waals surface area contributed by atoms with Gasteiger partial charge in [0.15, 0.2) is 0 Å². The predicted octanol–water partition coefficient (Wildman–Crippen LogP) is 7.82. The Kier molecular flexibility index (Phi) is 9.51. The van der Waals surface area contributed by atoms with E-state index in [4.69, 9.17) is 11.6 Å². The van der Waals surface area contributed by atoms with Crippen LogP contribution in [0.2, 0.25) is 5.02 Å². The highest BCUT2D eigenvalue weighted by Crippen LogP contribution is 2.35. The van der Waals surface area contributed by atoms with Crippen molar-refractivity contribution in [2.24, 2.45) is 0 Å². The number of anilines is 2.